The molecule has 2 aromatic rings. The highest BCUT2D eigenvalue weighted by Gasteiger charge is 2.38. The summed E-state index contributed by atoms with van der Waals surface area (Å²) in [6.45, 7) is 4.47. The number of fused-ring (bicyclic) bond motifs is 1. The summed E-state index contributed by atoms with van der Waals surface area (Å²) >= 11 is 12.3. The van der Waals surface area contributed by atoms with Gasteiger partial charge in [0.2, 0.25) is 0 Å². The highest BCUT2D eigenvalue weighted by molar-refractivity contribution is 6.33. The summed E-state index contributed by atoms with van der Waals surface area (Å²) in [5, 5.41) is 6.23. The Morgan fingerprint density at radius 2 is 1.74 bits per heavy atom. The van der Waals surface area contributed by atoms with Gasteiger partial charge in [0.15, 0.2) is 0 Å². The summed E-state index contributed by atoms with van der Waals surface area (Å²) < 4.78 is 6.06. The minimum atomic E-state index is 0.230. The van der Waals surface area contributed by atoms with Crippen molar-refractivity contribution in [3.05, 3.63) is 58.1 Å². The number of para-hydroxylation sites is 2. The molecular weight excluding hydrogens is 381 g/mol. The lowest BCUT2D eigenvalue weighted by Crippen LogP contribution is -2.62. The number of anilines is 2. The smallest absolute Gasteiger partial charge is 0.0870 e. The highest BCUT2D eigenvalue weighted by Crippen LogP contribution is 2.41. The number of hydrogen-bond acceptors (Lipinski definition) is 4. The van der Waals surface area contributed by atoms with Gasteiger partial charge in [0.25, 0.3) is 0 Å². The van der Waals surface area contributed by atoms with Crippen LogP contribution in [0, 0.1) is 0 Å². The number of nitrogens with zero attached hydrogens (tertiary/aromatic N) is 3. The number of ether oxygens (including phenoxy) is 1. The Morgan fingerprint density at radius 3 is 2.52 bits per heavy atom. The van der Waals surface area contributed by atoms with Crippen molar-refractivity contribution >= 4 is 34.6 Å². The van der Waals surface area contributed by atoms with Crippen molar-refractivity contribution in [1.82, 2.24) is 5.01 Å². The number of rotatable bonds is 5. The second kappa shape index (κ2) is 7.17. The molecule has 0 amide bonds. The predicted molar refractivity (Wildman–Crippen MR) is 111 cm³/mol. The van der Waals surface area contributed by atoms with Crippen LogP contribution in [0.25, 0.3) is 0 Å². The minimum absolute atomic E-state index is 0.230. The van der Waals surface area contributed by atoms with Crippen LogP contribution in [0.3, 0.4) is 0 Å². The van der Waals surface area contributed by atoms with Crippen molar-refractivity contribution in [2.45, 2.75) is 31.6 Å². The maximum Gasteiger partial charge on any atom is 0.0870 e. The Morgan fingerprint density at radius 1 is 0.963 bits per heavy atom. The summed E-state index contributed by atoms with van der Waals surface area (Å²) in [6, 6.07) is 15.0. The van der Waals surface area contributed by atoms with E-state index in [-0.39, 0.29) is 6.10 Å². The summed E-state index contributed by atoms with van der Waals surface area (Å²) in [6.07, 6.45) is 2.90. The lowest BCUT2D eigenvalue weighted by Gasteiger charge is -2.50. The monoisotopic (exact) mass is 403 g/mol. The molecule has 142 valence electrons. The first-order chi connectivity index (χ1) is 13.2. The predicted octanol–water partition coefficient (Wildman–Crippen LogP) is 4.60. The van der Waals surface area contributed by atoms with Crippen molar-refractivity contribution in [1.29, 1.82) is 0 Å². The molecule has 6 heteroatoms. The number of hydrogen-bond donors (Lipinski definition) is 0. The maximum absolute atomic E-state index is 6.23. The van der Waals surface area contributed by atoms with Crippen LogP contribution in [-0.2, 0) is 11.3 Å². The fourth-order valence-corrected chi connectivity index (χ4v) is 4.38. The molecule has 0 radical (unpaired) electrons. The molecule has 0 unspecified atom stereocenters. The van der Waals surface area contributed by atoms with Crippen LogP contribution < -0.4 is 9.91 Å². The quantitative estimate of drug-likeness (QED) is 0.725. The first-order valence-corrected chi connectivity index (χ1v) is 10.4. The molecule has 4 nitrogen and oxygen atoms in total. The van der Waals surface area contributed by atoms with Crippen molar-refractivity contribution in [2.24, 2.45) is 0 Å². The SMILES string of the molecule is Clc1ccc(Cl)c(COC2CN(N3CCN(C4CC4)c4ccccc43)C2)c1. The molecule has 0 bridgehead atoms. The van der Waals surface area contributed by atoms with Crippen molar-refractivity contribution in [3.63, 3.8) is 0 Å². The van der Waals surface area contributed by atoms with Crippen LogP contribution in [0.15, 0.2) is 42.5 Å². The average molecular weight is 404 g/mol. The molecule has 1 saturated carbocycles. The van der Waals surface area contributed by atoms with Gasteiger partial charge in [-0.2, -0.15) is 0 Å². The number of benzene rings is 2. The maximum atomic E-state index is 6.23. The van der Waals surface area contributed by atoms with Gasteiger partial charge in [0.1, 0.15) is 0 Å². The second-order valence-electron chi connectivity index (χ2n) is 7.58. The van der Waals surface area contributed by atoms with Crippen molar-refractivity contribution in [3.8, 4) is 0 Å². The highest BCUT2D eigenvalue weighted by atomic mass is 35.5. The lowest BCUT2D eigenvalue weighted by molar-refractivity contribution is -0.0674. The first kappa shape index (κ1) is 17.6. The largest absolute Gasteiger partial charge is 0.371 e. The van der Waals surface area contributed by atoms with Crippen LogP contribution >= 0.6 is 23.2 Å². The van der Waals surface area contributed by atoms with Gasteiger partial charge in [-0.15, -0.1) is 0 Å². The fraction of sp³-hybridized carbons (Fsp3) is 0.429. The van der Waals surface area contributed by atoms with E-state index in [0.29, 0.717) is 16.7 Å². The summed E-state index contributed by atoms with van der Waals surface area (Å²) in [5.74, 6) is 0. The van der Waals surface area contributed by atoms with Crippen LogP contribution in [0.4, 0.5) is 11.4 Å². The van der Waals surface area contributed by atoms with E-state index in [1.165, 1.54) is 24.2 Å². The molecule has 5 rings (SSSR count). The van der Waals surface area contributed by atoms with Crippen LogP contribution in [0.2, 0.25) is 10.0 Å². The van der Waals surface area contributed by atoms with Crippen molar-refractivity contribution < 1.29 is 4.74 Å². The molecular formula is C21H23Cl2N3O. The van der Waals surface area contributed by atoms with E-state index in [1.54, 1.807) is 6.07 Å². The molecule has 0 aromatic heterocycles. The Bertz CT molecular complexity index is 836. The molecule has 1 aliphatic carbocycles. The van der Waals surface area contributed by atoms with Gasteiger partial charge in [0.05, 0.1) is 30.6 Å². The molecule has 2 aromatic carbocycles. The topological polar surface area (TPSA) is 19.0 Å². The number of hydrazine groups is 1. The third-order valence-electron chi connectivity index (χ3n) is 5.66. The Kier molecular flexibility index (Phi) is 4.68. The summed E-state index contributed by atoms with van der Waals surface area (Å²) in [7, 11) is 0. The van der Waals surface area contributed by atoms with E-state index in [4.69, 9.17) is 27.9 Å². The van der Waals surface area contributed by atoms with Gasteiger partial charge in [-0.3, -0.25) is 0 Å². The van der Waals surface area contributed by atoms with E-state index in [1.807, 2.05) is 12.1 Å². The molecule has 2 fully saturated rings. The standard InChI is InChI=1S/C21H23Cl2N3O/c22-16-5-8-19(23)15(11-16)14-27-18-12-24(13-18)26-10-9-25(17-6-7-17)20-3-1-2-4-21(20)26/h1-5,8,11,17-18H,6-7,9-10,12-14H2. The molecule has 1 saturated heterocycles. The fourth-order valence-electron chi connectivity index (χ4n) is 4.01. The zero-order valence-electron chi connectivity index (χ0n) is 15.2. The van der Waals surface area contributed by atoms with Crippen LogP contribution in [-0.4, -0.2) is 43.3 Å². The molecule has 27 heavy (non-hydrogen) atoms. The molecule has 2 heterocycles. The van der Waals surface area contributed by atoms with E-state index in [0.717, 1.165) is 37.8 Å². The average Bonchev–Trinajstić information content (AvgIpc) is 3.48. The third-order valence-corrected chi connectivity index (χ3v) is 6.27. The Labute approximate surface area is 170 Å². The van der Waals surface area contributed by atoms with E-state index >= 15 is 0 Å². The van der Waals surface area contributed by atoms with Crippen LogP contribution in [0.5, 0.6) is 0 Å². The van der Waals surface area contributed by atoms with Crippen molar-refractivity contribution in [2.75, 3.05) is 36.1 Å². The number of halogens is 2. The second-order valence-corrected chi connectivity index (χ2v) is 8.42. The van der Waals surface area contributed by atoms with Crippen LogP contribution in [0.1, 0.15) is 18.4 Å². The van der Waals surface area contributed by atoms with Gasteiger partial charge >= 0.3 is 0 Å². The van der Waals surface area contributed by atoms with E-state index < -0.39 is 0 Å². The minimum Gasteiger partial charge on any atom is -0.371 e. The Balaban J connectivity index is 1.21. The van der Waals surface area contributed by atoms with Gasteiger partial charge in [-0.05, 0) is 48.7 Å². The van der Waals surface area contributed by atoms with Gasteiger partial charge in [-0.1, -0.05) is 35.3 Å². The normalized spacial score (nSPS) is 20.5. The zero-order valence-corrected chi connectivity index (χ0v) is 16.7. The molecule has 2 aliphatic heterocycles. The van der Waals surface area contributed by atoms with E-state index in [9.17, 15) is 0 Å². The lowest BCUT2D eigenvalue weighted by atomic mass is 10.1. The molecule has 0 N–H and O–H groups in total. The molecule has 0 atom stereocenters. The molecule has 3 aliphatic rings. The van der Waals surface area contributed by atoms with E-state index in [2.05, 4.69) is 39.2 Å². The van der Waals surface area contributed by atoms with Gasteiger partial charge < -0.3 is 14.6 Å². The summed E-state index contributed by atoms with van der Waals surface area (Å²) in [5.41, 5.74) is 3.65. The van der Waals surface area contributed by atoms with Gasteiger partial charge in [-0.25, -0.2) is 5.01 Å². The summed E-state index contributed by atoms with van der Waals surface area (Å²) in [4.78, 5) is 2.58. The Hall–Kier alpha value is -1.46. The third kappa shape index (κ3) is 3.52. The van der Waals surface area contributed by atoms with Gasteiger partial charge in [0, 0.05) is 35.7 Å². The molecule has 0 spiro atoms. The zero-order chi connectivity index (χ0) is 18.4. The first-order valence-electron chi connectivity index (χ1n) is 9.62.